The molecule has 1 saturated heterocycles. The minimum atomic E-state index is -0.811. The summed E-state index contributed by atoms with van der Waals surface area (Å²) in [5, 5.41) is 0. The number of fused-ring (bicyclic) bond motifs is 1. The fraction of sp³-hybridized carbons (Fsp3) is 0.455. The van der Waals surface area contributed by atoms with E-state index in [0.717, 1.165) is 5.70 Å². The molecular formula is C22H25FN2O5. The van der Waals surface area contributed by atoms with Crippen LogP contribution in [0.2, 0.25) is 0 Å². The fourth-order valence-electron chi connectivity index (χ4n) is 3.93. The van der Waals surface area contributed by atoms with Crippen molar-refractivity contribution in [3.63, 3.8) is 0 Å². The van der Waals surface area contributed by atoms with Crippen LogP contribution in [-0.4, -0.2) is 54.2 Å². The summed E-state index contributed by atoms with van der Waals surface area (Å²) < 4.78 is 24.2. The van der Waals surface area contributed by atoms with Crippen molar-refractivity contribution in [3.05, 3.63) is 41.4 Å². The molecule has 0 radical (unpaired) electrons. The van der Waals surface area contributed by atoms with Crippen LogP contribution in [0.25, 0.3) is 5.57 Å². The number of ether oxygens (including phenoxy) is 2. The van der Waals surface area contributed by atoms with Gasteiger partial charge in [-0.1, -0.05) is 0 Å². The van der Waals surface area contributed by atoms with Gasteiger partial charge in [-0.2, -0.15) is 0 Å². The highest BCUT2D eigenvalue weighted by molar-refractivity contribution is 6.00. The number of halogens is 1. The first-order valence-electron chi connectivity index (χ1n) is 9.65. The Hall–Kier alpha value is -3.12. The molecule has 0 N–H and O–H groups in total. The van der Waals surface area contributed by atoms with Gasteiger partial charge in [0, 0.05) is 24.2 Å². The molecule has 1 aromatic rings. The maximum Gasteiger partial charge on any atom is 0.411 e. The Kier molecular flexibility index (Phi) is 5.72. The number of carbonyl (C=O) groups excluding carboxylic acids is 3. The number of carbonyl (C=O) groups is 2. The monoisotopic (exact) mass is 416 g/mol. The van der Waals surface area contributed by atoms with Gasteiger partial charge in [0.25, 0.3) is 0 Å². The molecule has 1 fully saturated rings. The van der Waals surface area contributed by atoms with Crippen molar-refractivity contribution in [1.82, 2.24) is 4.90 Å². The van der Waals surface area contributed by atoms with Gasteiger partial charge in [0.2, 0.25) is 0 Å². The van der Waals surface area contributed by atoms with Gasteiger partial charge < -0.3 is 14.4 Å². The molecule has 1 aromatic carbocycles. The van der Waals surface area contributed by atoms with E-state index in [0.29, 0.717) is 17.7 Å². The molecule has 160 valence electrons. The Labute approximate surface area is 174 Å². The van der Waals surface area contributed by atoms with Gasteiger partial charge in [0.05, 0.1) is 24.4 Å². The summed E-state index contributed by atoms with van der Waals surface area (Å²) in [6.45, 7) is 7.27. The Morgan fingerprint density at radius 1 is 1.27 bits per heavy atom. The Morgan fingerprint density at radius 2 is 1.97 bits per heavy atom. The fourth-order valence-corrected chi connectivity index (χ4v) is 3.93. The highest BCUT2D eigenvalue weighted by Gasteiger charge is 2.45. The smallest absolute Gasteiger partial charge is 0.411 e. The number of benzene rings is 1. The molecule has 7 nitrogen and oxygen atoms in total. The van der Waals surface area contributed by atoms with Crippen LogP contribution in [0.4, 0.5) is 14.9 Å². The molecule has 3 rings (SSSR count). The molecule has 0 saturated carbocycles. The summed E-state index contributed by atoms with van der Waals surface area (Å²) in [5.41, 5.74) is 1.30. The van der Waals surface area contributed by atoms with Gasteiger partial charge in [-0.3, -0.25) is 4.90 Å². The summed E-state index contributed by atoms with van der Waals surface area (Å²) in [6, 6.07) is 3.07. The van der Waals surface area contributed by atoms with Crippen molar-refractivity contribution in [2.45, 2.75) is 51.8 Å². The maximum absolute atomic E-state index is 13.8. The van der Waals surface area contributed by atoms with Crippen LogP contribution in [0.5, 0.6) is 0 Å². The van der Waals surface area contributed by atoms with E-state index < -0.39 is 29.5 Å². The number of likely N-dealkylation sites (tertiary alicyclic amines) is 1. The van der Waals surface area contributed by atoms with Gasteiger partial charge in [-0.25, -0.2) is 18.8 Å². The van der Waals surface area contributed by atoms with Gasteiger partial charge in [0.1, 0.15) is 23.4 Å². The first-order valence-corrected chi connectivity index (χ1v) is 9.65. The van der Waals surface area contributed by atoms with Crippen LogP contribution in [-0.2, 0) is 19.1 Å². The van der Waals surface area contributed by atoms with Crippen LogP contribution in [0.15, 0.2) is 30.0 Å². The normalized spacial score (nSPS) is 21.0. The van der Waals surface area contributed by atoms with E-state index in [-0.39, 0.29) is 18.2 Å². The molecule has 30 heavy (non-hydrogen) atoms. The molecule has 0 spiro atoms. The summed E-state index contributed by atoms with van der Waals surface area (Å²) in [7, 11) is 1.27. The Morgan fingerprint density at radius 3 is 2.57 bits per heavy atom. The van der Waals surface area contributed by atoms with E-state index in [4.69, 9.17) is 9.47 Å². The predicted octanol–water partition coefficient (Wildman–Crippen LogP) is 3.32. The van der Waals surface area contributed by atoms with Crippen LogP contribution < -0.4 is 4.90 Å². The lowest BCUT2D eigenvalue weighted by molar-refractivity contribution is -0.145. The molecule has 2 aliphatic heterocycles. The topological polar surface area (TPSA) is 76.2 Å². The van der Waals surface area contributed by atoms with Gasteiger partial charge >= 0.3 is 12.1 Å². The van der Waals surface area contributed by atoms with Gasteiger partial charge in [0.15, 0.2) is 0 Å². The SMILES string of the molecule is COC(=O)[C@@H]1C[C@@H](N2C(C)=CC(=C=O)c3cc(F)ccc32)CN1C(=O)OC(C)(C)C. The number of hydrogen-bond donors (Lipinski definition) is 0. The first kappa shape index (κ1) is 21.6. The minimum Gasteiger partial charge on any atom is -0.467 e. The van der Waals surface area contributed by atoms with Crippen LogP contribution in [0.1, 0.15) is 39.7 Å². The molecule has 8 heteroatoms. The molecule has 0 aromatic heterocycles. The summed E-state index contributed by atoms with van der Waals surface area (Å²) in [4.78, 5) is 39.8. The van der Waals surface area contributed by atoms with E-state index in [1.165, 1.54) is 24.1 Å². The molecular weight excluding hydrogens is 391 g/mol. The third-order valence-electron chi connectivity index (χ3n) is 5.10. The van der Waals surface area contributed by atoms with Crippen molar-refractivity contribution in [2.75, 3.05) is 18.6 Å². The second kappa shape index (κ2) is 7.95. The maximum atomic E-state index is 13.8. The lowest BCUT2D eigenvalue weighted by atomic mass is 9.96. The lowest BCUT2D eigenvalue weighted by Gasteiger charge is -2.36. The van der Waals surface area contributed by atoms with E-state index in [1.807, 2.05) is 17.8 Å². The van der Waals surface area contributed by atoms with Crippen molar-refractivity contribution in [1.29, 1.82) is 0 Å². The number of amides is 1. The molecule has 2 atom stereocenters. The Bertz CT molecular complexity index is 959. The second-order valence-corrected chi connectivity index (χ2v) is 8.39. The molecule has 1 amide bonds. The zero-order valence-corrected chi connectivity index (χ0v) is 17.7. The highest BCUT2D eigenvalue weighted by Crippen LogP contribution is 2.39. The summed E-state index contributed by atoms with van der Waals surface area (Å²) in [5.74, 6) is 0.855. The Balaban J connectivity index is 1.98. The van der Waals surface area contributed by atoms with Crippen molar-refractivity contribution < 1.29 is 28.2 Å². The standard InChI is InChI=1S/C22H25FN2O5/c1-13-8-14(12-26)17-9-15(23)6-7-18(17)25(13)16-10-19(20(27)29-5)24(11-16)21(28)30-22(2,3)4/h6-9,16,19H,10-11H2,1-5H3/t16-,19+/m1/s1. The average Bonchev–Trinajstić information content (AvgIpc) is 3.10. The quantitative estimate of drug-likeness (QED) is 0.544. The van der Waals surface area contributed by atoms with Crippen LogP contribution in [0, 0.1) is 5.82 Å². The number of anilines is 1. The zero-order chi connectivity index (χ0) is 22.2. The van der Waals surface area contributed by atoms with Gasteiger partial charge in [-0.15, -0.1) is 0 Å². The lowest BCUT2D eigenvalue weighted by Crippen LogP contribution is -2.44. The number of methoxy groups -OCH3 is 1. The first-order chi connectivity index (χ1) is 14.1. The summed E-state index contributed by atoms with van der Waals surface area (Å²) >= 11 is 0. The molecule has 0 bridgehead atoms. The van der Waals surface area contributed by atoms with E-state index >= 15 is 0 Å². The minimum absolute atomic E-state index is 0.205. The molecule has 2 heterocycles. The van der Waals surface area contributed by atoms with Gasteiger partial charge in [-0.05, 0) is 52.0 Å². The van der Waals surface area contributed by atoms with Crippen molar-refractivity contribution >= 4 is 29.3 Å². The predicted molar refractivity (Wildman–Crippen MR) is 109 cm³/mol. The number of esters is 1. The molecule has 0 aliphatic carbocycles. The summed E-state index contributed by atoms with van der Waals surface area (Å²) in [6.07, 6.45) is 1.32. The van der Waals surface area contributed by atoms with Crippen LogP contribution >= 0.6 is 0 Å². The number of nitrogens with zero attached hydrogens (tertiary/aromatic N) is 2. The molecule has 0 unspecified atom stereocenters. The number of hydrogen-bond acceptors (Lipinski definition) is 6. The molecule has 2 aliphatic rings. The van der Waals surface area contributed by atoms with Crippen LogP contribution in [0.3, 0.4) is 0 Å². The van der Waals surface area contributed by atoms with Crippen molar-refractivity contribution in [2.24, 2.45) is 0 Å². The van der Waals surface area contributed by atoms with Crippen molar-refractivity contribution in [3.8, 4) is 0 Å². The largest absolute Gasteiger partial charge is 0.467 e. The number of rotatable bonds is 2. The van der Waals surface area contributed by atoms with E-state index in [1.54, 1.807) is 32.9 Å². The zero-order valence-electron chi connectivity index (χ0n) is 17.7. The van der Waals surface area contributed by atoms with E-state index in [9.17, 15) is 18.8 Å². The average molecular weight is 416 g/mol. The third kappa shape index (κ3) is 4.09. The third-order valence-corrected chi connectivity index (χ3v) is 5.10. The van der Waals surface area contributed by atoms with E-state index in [2.05, 4.69) is 0 Å². The second-order valence-electron chi connectivity index (χ2n) is 8.39. The number of allylic oxidation sites excluding steroid dienone is 3. The highest BCUT2D eigenvalue weighted by atomic mass is 19.1.